The van der Waals surface area contributed by atoms with Crippen LogP contribution in [0.3, 0.4) is 0 Å². The van der Waals surface area contributed by atoms with Gasteiger partial charge in [0.2, 0.25) is 5.91 Å². The summed E-state index contributed by atoms with van der Waals surface area (Å²) < 4.78 is 5.46. The lowest BCUT2D eigenvalue weighted by molar-refractivity contribution is -0.131. The van der Waals surface area contributed by atoms with Crippen molar-refractivity contribution in [2.75, 3.05) is 6.54 Å². The van der Waals surface area contributed by atoms with E-state index in [1.807, 2.05) is 20.8 Å². The van der Waals surface area contributed by atoms with Gasteiger partial charge in [-0.25, -0.2) is 0 Å². The van der Waals surface area contributed by atoms with E-state index in [1.54, 1.807) is 0 Å². The van der Waals surface area contributed by atoms with Gasteiger partial charge >= 0.3 is 0 Å². The molecule has 1 amide bonds. The highest BCUT2D eigenvalue weighted by Gasteiger charge is 2.28. The van der Waals surface area contributed by atoms with Crippen LogP contribution in [0, 0.1) is 5.92 Å². The van der Waals surface area contributed by atoms with Gasteiger partial charge in [-0.05, 0) is 25.7 Å². The number of carbonyl (C=O) groups excluding carboxylic acids is 1. The normalized spacial score (nSPS) is 28.1. The highest BCUT2D eigenvalue weighted by Crippen LogP contribution is 2.19. The van der Waals surface area contributed by atoms with E-state index in [0.29, 0.717) is 12.5 Å². The Labute approximate surface area is 96.5 Å². The van der Waals surface area contributed by atoms with Crippen LogP contribution in [0.25, 0.3) is 0 Å². The molecule has 1 aliphatic heterocycles. The number of hydrogen-bond donors (Lipinski definition) is 1. The minimum atomic E-state index is -0.268. The molecule has 4 heteroatoms. The fraction of sp³-hybridized carbons (Fsp3) is 0.909. The number of alkyl halides is 1. The zero-order chi connectivity index (χ0) is 11.4. The number of rotatable bonds is 4. The van der Waals surface area contributed by atoms with Gasteiger partial charge in [0.15, 0.2) is 0 Å². The van der Waals surface area contributed by atoms with E-state index in [1.165, 1.54) is 0 Å². The first kappa shape index (κ1) is 12.8. The number of ether oxygens (including phenoxy) is 1. The van der Waals surface area contributed by atoms with Crippen LogP contribution in [0.5, 0.6) is 0 Å². The molecule has 3 nitrogen and oxygen atoms in total. The predicted molar refractivity (Wildman–Crippen MR) is 61.1 cm³/mol. The molecular formula is C11H20ClNO2. The zero-order valence-electron chi connectivity index (χ0n) is 9.63. The van der Waals surface area contributed by atoms with Gasteiger partial charge in [-0.3, -0.25) is 4.79 Å². The summed E-state index contributed by atoms with van der Waals surface area (Å²) in [6.45, 7) is 6.59. The van der Waals surface area contributed by atoms with Crippen molar-refractivity contribution in [3.05, 3.63) is 0 Å². The van der Waals surface area contributed by atoms with Crippen molar-refractivity contribution in [1.82, 2.24) is 5.32 Å². The zero-order valence-corrected chi connectivity index (χ0v) is 10.4. The molecule has 1 aliphatic rings. The Morgan fingerprint density at radius 2 is 2.20 bits per heavy atom. The number of amides is 1. The van der Waals surface area contributed by atoms with Gasteiger partial charge in [-0.2, -0.15) is 0 Å². The first-order valence-electron chi connectivity index (χ1n) is 5.58. The Morgan fingerprint density at radius 3 is 2.67 bits per heavy atom. The fourth-order valence-corrected chi connectivity index (χ4v) is 1.62. The molecule has 0 spiro atoms. The van der Waals surface area contributed by atoms with E-state index in [-0.39, 0.29) is 23.5 Å². The topological polar surface area (TPSA) is 38.3 Å². The standard InChI is InChI=1S/C11H20ClNO2/c1-7(2)9(12)6-13-11(14)10-5-4-8(3)15-10/h7-10H,4-6H2,1-3H3,(H,13,14). The molecule has 1 N–H and O–H groups in total. The van der Waals surface area contributed by atoms with Crippen molar-refractivity contribution >= 4 is 17.5 Å². The average molecular weight is 234 g/mol. The molecule has 1 saturated heterocycles. The van der Waals surface area contributed by atoms with Crippen LogP contribution in [0.2, 0.25) is 0 Å². The summed E-state index contributed by atoms with van der Waals surface area (Å²) >= 11 is 6.04. The van der Waals surface area contributed by atoms with Crippen LogP contribution in [0.4, 0.5) is 0 Å². The molecule has 0 saturated carbocycles. The van der Waals surface area contributed by atoms with Gasteiger partial charge < -0.3 is 10.1 Å². The van der Waals surface area contributed by atoms with Crippen LogP contribution in [-0.4, -0.2) is 30.0 Å². The molecule has 1 rings (SSSR count). The van der Waals surface area contributed by atoms with Crippen molar-refractivity contribution in [3.8, 4) is 0 Å². The molecule has 0 radical (unpaired) electrons. The first-order chi connectivity index (χ1) is 7.00. The average Bonchev–Trinajstić information content (AvgIpc) is 2.60. The summed E-state index contributed by atoms with van der Waals surface area (Å²) in [6, 6.07) is 0. The molecule has 15 heavy (non-hydrogen) atoms. The lowest BCUT2D eigenvalue weighted by atomic mass is 10.1. The van der Waals surface area contributed by atoms with Crippen LogP contribution in [-0.2, 0) is 9.53 Å². The highest BCUT2D eigenvalue weighted by molar-refractivity contribution is 6.21. The monoisotopic (exact) mass is 233 g/mol. The van der Waals surface area contributed by atoms with Gasteiger partial charge in [0.25, 0.3) is 0 Å². The van der Waals surface area contributed by atoms with Crippen LogP contribution in [0.15, 0.2) is 0 Å². The van der Waals surface area contributed by atoms with Gasteiger partial charge in [-0.15, -0.1) is 11.6 Å². The molecule has 0 bridgehead atoms. The van der Waals surface area contributed by atoms with Crippen molar-refractivity contribution in [2.45, 2.75) is 51.2 Å². The molecule has 0 aromatic carbocycles. The second-order valence-corrected chi connectivity index (χ2v) is 5.08. The van der Waals surface area contributed by atoms with E-state index >= 15 is 0 Å². The second kappa shape index (κ2) is 5.71. The van der Waals surface area contributed by atoms with Crippen molar-refractivity contribution < 1.29 is 9.53 Å². The van der Waals surface area contributed by atoms with Crippen molar-refractivity contribution in [3.63, 3.8) is 0 Å². The lowest BCUT2D eigenvalue weighted by Crippen LogP contribution is -2.38. The quantitative estimate of drug-likeness (QED) is 0.754. The third-order valence-corrected chi connectivity index (χ3v) is 3.38. The van der Waals surface area contributed by atoms with Crippen LogP contribution >= 0.6 is 11.6 Å². The fourth-order valence-electron chi connectivity index (χ4n) is 1.54. The Bertz CT molecular complexity index is 221. The maximum absolute atomic E-state index is 11.6. The second-order valence-electron chi connectivity index (χ2n) is 4.52. The molecule has 3 atom stereocenters. The summed E-state index contributed by atoms with van der Waals surface area (Å²) in [7, 11) is 0. The third kappa shape index (κ3) is 3.99. The molecule has 3 unspecified atom stereocenters. The molecule has 0 aromatic rings. The third-order valence-electron chi connectivity index (χ3n) is 2.72. The summed E-state index contributed by atoms with van der Waals surface area (Å²) in [5.74, 6) is 0.348. The Balaban J connectivity index is 2.24. The van der Waals surface area contributed by atoms with E-state index in [4.69, 9.17) is 16.3 Å². The molecule has 0 aromatic heterocycles. The van der Waals surface area contributed by atoms with Crippen molar-refractivity contribution in [1.29, 1.82) is 0 Å². The minimum Gasteiger partial charge on any atom is -0.365 e. The van der Waals surface area contributed by atoms with E-state index < -0.39 is 0 Å². The maximum Gasteiger partial charge on any atom is 0.249 e. The molecule has 1 fully saturated rings. The van der Waals surface area contributed by atoms with Gasteiger partial charge in [0, 0.05) is 6.54 Å². The first-order valence-corrected chi connectivity index (χ1v) is 6.01. The SMILES string of the molecule is CC1CCC(C(=O)NCC(Cl)C(C)C)O1. The maximum atomic E-state index is 11.6. The summed E-state index contributed by atoms with van der Waals surface area (Å²) in [6.07, 6.45) is 1.72. The predicted octanol–water partition coefficient (Wildman–Crippen LogP) is 1.93. The Hall–Kier alpha value is -0.280. The summed E-state index contributed by atoms with van der Waals surface area (Å²) in [4.78, 5) is 11.6. The van der Waals surface area contributed by atoms with Gasteiger partial charge in [0.1, 0.15) is 6.10 Å². The Morgan fingerprint density at radius 1 is 1.53 bits per heavy atom. The van der Waals surface area contributed by atoms with Gasteiger partial charge in [0.05, 0.1) is 11.5 Å². The molecule has 0 aliphatic carbocycles. The smallest absolute Gasteiger partial charge is 0.249 e. The number of nitrogens with one attached hydrogen (secondary N) is 1. The lowest BCUT2D eigenvalue weighted by Gasteiger charge is -2.16. The molecule has 1 heterocycles. The van der Waals surface area contributed by atoms with Crippen LogP contribution in [0.1, 0.15) is 33.6 Å². The van der Waals surface area contributed by atoms with E-state index in [9.17, 15) is 4.79 Å². The van der Waals surface area contributed by atoms with Crippen molar-refractivity contribution in [2.24, 2.45) is 5.92 Å². The van der Waals surface area contributed by atoms with Crippen LogP contribution < -0.4 is 5.32 Å². The minimum absolute atomic E-state index is 0.00669. The summed E-state index contributed by atoms with van der Waals surface area (Å²) in [5.41, 5.74) is 0. The van der Waals surface area contributed by atoms with E-state index in [2.05, 4.69) is 5.32 Å². The van der Waals surface area contributed by atoms with Gasteiger partial charge in [-0.1, -0.05) is 13.8 Å². The van der Waals surface area contributed by atoms with E-state index in [0.717, 1.165) is 12.8 Å². The number of carbonyl (C=O) groups is 1. The Kier molecular flexibility index (Phi) is 4.87. The number of hydrogen-bond acceptors (Lipinski definition) is 2. The highest BCUT2D eigenvalue weighted by atomic mass is 35.5. The molecular weight excluding hydrogens is 214 g/mol. The largest absolute Gasteiger partial charge is 0.365 e. The summed E-state index contributed by atoms with van der Waals surface area (Å²) in [5, 5.41) is 2.82. The molecule has 88 valence electrons. The number of halogens is 1.